The predicted octanol–water partition coefficient (Wildman–Crippen LogP) is 3.88. The highest BCUT2D eigenvalue weighted by Crippen LogP contribution is 2.27. The van der Waals surface area contributed by atoms with Crippen molar-refractivity contribution in [2.24, 2.45) is 0 Å². The van der Waals surface area contributed by atoms with E-state index in [1.165, 1.54) is 12.4 Å². The van der Waals surface area contributed by atoms with Gasteiger partial charge in [-0.1, -0.05) is 28.1 Å². The molecular formula is C23H22BrN5O3. The molecular weight excluding hydrogens is 474 g/mol. The fraction of sp³-hybridized carbons (Fsp3) is 0.217. The van der Waals surface area contributed by atoms with Crippen molar-refractivity contribution >= 4 is 55.9 Å². The normalized spacial score (nSPS) is 16.8. The van der Waals surface area contributed by atoms with Crippen molar-refractivity contribution in [3.8, 4) is 0 Å². The molecule has 1 aliphatic heterocycles. The summed E-state index contributed by atoms with van der Waals surface area (Å²) in [5, 5.41) is 6.94. The largest absolute Gasteiger partial charge is 0.460 e. The second-order valence-electron chi connectivity index (χ2n) is 7.48. The molecule has 1 atom stereocenters. The summed E-state index contributed by atoms with van der Waals surface area (Å²) in [6.45, 7) is 3.23. The number of esters is 1. The highest BCUT2D eigenvalue weighted by Gasteiger charge is 2.22. The number of rotatable bonds is 6. The Morgan fingerprint density at radius 3 is 2.94 bits per heavy atom. The summed E-state index contributed by atoms with van der Waals surface area (Å²) >= 11 is 3.46. The lowest BCUT2D eigenvalue weighted by Gasteiger charge is -2.29. The van der Waals surface area contributed by atoms with E-state index in [-0.39, 0.29) is 24.5 Å². The molecule has 8 nitrogen and oxygen atoms in total. The summed E-state index contributed by atoms with van der Waals surface area (Å²) in [5.74, 6) is 0.147. The van der Waals surface area contributed by atoms with Gasteiger partial charge in [0.05, 0.1) is 12.1 Å². The van der Waals surface area contributed by atoms with Crippen molar-refractivity contribution < 1.29 is 14.3 Å². The molecule has 0 spiro atoms. The molecule has 1 fully saturated rings. The van der Waals surface area contributed by atoms with Crippen LogP contribution in [0, 0.1) is 0 Å². The topological polar surface area (TPSA) is 96.5 Å². The number of carbonyl (C=O) groups is 2. The number of fused-ring (bicyclic) bond motifs is 1. The van der Waals surface area contributed by atoms with Crippen molar-refractivity contribution in [3.63, 3.8) is 0 Å². The zero-order valence-corrected chi connectivity index (χ0v) is 19.0. The van der Waals surface area contributed by atoms with E-state index in [2.05, 4.69) is 36.5 Å². The third-order valence-corrected chi connectivity index (χ3v) is 5.32. The molecule has 1 amide bonds. The molecule has 2 aromatic carbocycles. The third kappa shape index (κ3) is 5.68. The quantitative estimate of drug-likeness (QED) is 0.395. The minimum Gasteiger partial charge on any atom is -0.460 e. The maximum atomic E-state index is 12.4. The van der Waals surface area contributed by atoms with Crippen LogP contribution in [-0.2, 0) is 14.3 Å². The van der Waals surface area contributed by atoms with Gasteiger partial charge in [-0.2, -0.15) is 0 Å². The number of ether oxygens (including phenoxy) is 1. The average Bonchev–Trinajstić information content (AvgIpc) is 2.73. The molecule has 1 aliphatic rings. The van der Waals surface area contributed by atoms with Gasteiger partial charge >= 0.3 is 5.97 Å². The number of halogens is 1. The Bertz CT molecular complexity index is 1180. The van der Waals surface area contributed by atoms with Crippen LogP contribution < -0.4 is 10.6 Å². The first kappa shape index (κ1) is 21.9. The second-order valence-corrected chi connectivity index (χ2v) is 8.39. The van der Waals surface area contributed by atoms with Crippen LogP contribution in [0.15, 0.2) is 65.4 Å². The monoisotopic (exact) mass is 495 g/mol. The summed E-state index contributed by atoms with van der Waals surface area (Å²) in [5.41, 5.74) is 2.28. The Balaban J connectivity index is 1.44. The number of anilines is 3. The summed E-state index contributed by atoms with van der Waals surface area (Å²) in [6, 6.07) is 13.2. The van der Waals surface area contributed by atoms with E-state index in [0.29, 0.717) is 24.6 Å². The lowest BCUT2D eigenvalue weighted by Crippen LogP contribution is -2.44. The Kier molecular flexibility index (Phi) is 6.77. The molecule has 0 saturated carbocycles. The minimum absolute atomic E-state index is 0.141. The maximum Gasteiger partial charge on any atom is 0.320 e. The first-order valence-corrected chi connectivity index (χ1v) is 10.9. The van der Waals surface area contributed by atoms with E-state index in [9.17, 15) is 9.59 Å². The van der Waals surface area contributed by atoms with E-state index in [1.54, 1.807) is 12.1 Å². The summed E-state index contributed by atoms with van der Waals surface area (Å²) < 4.78 is 6.06. The van der Waals surface area contributed by atoms with Crippen LogP contribution in [0.3, 0.4) is 0 Å². The molecule has 0 aliphatic carbocycles. The van der Waals surface area contributed by atoms with Crippen LogP contribution in [0.5, 0.6) is 0 Å². The van der Waals surface area contributed by atoms with Crippen molar-refractivity contribution in [3.05, 3.63) is 65.4 Å². The van der Waals surface area contributed by atoms with Crippen molar-refractivity contribution in [2.45, 2.75) is 13.0 Å². The lowest BCUT2D eigenvalue weighted by molar-refractivity contribution is -0.156. The van der Waals surface area contributed by atoms with Crippen LogP contribution in [0.25, 0.3) is 10.9 Å². The maximum absolute atomic E-state index is 12.4. The molecule has 3 aromatic rings. The molecule has 0 bridgehead atoms. The van der Waals surface area contributed by atoms with Gasteiger partial charge in [0.2, 0.25) is 5.91 Å². The molecule has 164 valence electrons. The van der Waals surface area contributed by atoms with Crippen LogP contribution in [0.2, 0.25) is 0 Å². The van der Waals surface area contributed by atoms with Gasteiger partial charge in [-0.3, -0.25) is 14.5 Å². The number of aromatic nitrogens is 2. The fourth-order valence-corrected chi connectivity index (χ4v) is 3.88. The highest BCUT2D eigenvalue weighted by molar-refractivity contribution is 9.10. The minimum atomic E-state index is -0.254. The standard InChI is InChI=1S/C23H22BrN5O3/c1-15-12-29(13-22(31)32-15)9-3-6-21(30)27-18-7-8-20-19(11-18)23(26-14-25-20)28-17-5-2-4-16(24)10-17/h2-8,10-11,14-15H,9,12-13H2,1H3,(H,27,30)(H,25,26,28)/b6-3+/t15-/m1/s1. The summed E-state index contributed by atoms with van der Waals surface area (Å²) in [6.07, 6.45) is 4.57. The SMILES string of the molecule is C[C@@H]1CN(C/C=C/C(=O)Nc2ccc3ncnc(Nc4cccc(Br)c4)c3c2)CC(=O)O1. The van der Waals surface area contributed by atoms with E-state index in [4.69, 9.17) is 4.74 Å². The van der Waals surface area contributed by atoms with Gasteiger partial charge in [0.25, 0.3) is 0 Å². The highest BCUT2D eigenvalue weighted by atomic mass is 79.9. The zero-order chi connectivity index (χ0) is 22.5. The average molecular weight is 496 g/mol. The van der Waals surface area contributed by atoms with Gasteiger partial charge in [0, 0.05) is 40.4 Å². The van der Waals surface area contributed by atoms with E-state index in [0.717, 1.165) is 21.1 Å². The fourth-order valence-electron chi connectivity index (χ4n) is 3.48. The Hall–Kier alpha value is -3.30. The van der Waals surface area contributed by atoms with Crippen molar-refractivity contribution in [1.82, 2.24) is 14.9 Å². The number of amides is 1. The van der Waals surface area contributed by atoms with Gasteiger partial charge in [-0.25, -0.2) is 9.97 Å². The van der Waals surface area contributed by atoms with Crippen LogP contribution in [0.4, 0.5) is 17.2 Å². The van der Waals surface area contributed by atoms with E-state index >= 15 is 0 Å². The number of nitrogens with zero attached hydrogens (tertiary/aromatic N) is 3. The number of hydrogen-bond acceptors (Lipinski definition) is 7. The number of carbonyl (C=O) groups excluding carboxylic acids is 2. The Labute approximate surface area is 193 Å². The molecule has 1 saturated heterocycles. The molecule has 2 N–H and O–H groups in total. The summed E-state index contributed by atoms with van der Waals surface area (Å²) in [4.78, 5) is 34.5. The number of morpholine rings is 1. The molecule has 4 rings (SSSR count). The Morgan fingerprint density at radius 2 is 2.12 bits per heavy atom. The number of nitrogens with one attached hydrogen (secondary N) is 2. The molecule has 32 heavy (non-hydrogen) atoms. The smallest absolute Gasteiger partial charge is 0.320 e. The van der Waals surface area contributed by atoms with Gasteiger partial charge in [0.1, 0.15) is 18.2 Å². The number of cyclic esters (lactones) is 1. The van der Waals surface area contributed by atoms with Gasteiger partial charge in [-0.15, -0.1) is 0 Å². The summed E-state index contributed by atoms with van der Waals surface area (Å²) in [7, 11) is 0. The number of benzene rings is 2. The van der Waals surface area contributed by atoms with Crippen molar-refractivity contribution in [2.75, 3.05) is 30.3 Å². The predicted molar refractivity (Wildman–Crippen MR) is 127 cm³/mol. The zero-order valence-electron chi connectivity index (χ0n) is 17.4. The first-order valence-electron chi connectivity index (χ1n) is 10.1. The van der Waals surface area contributed by atoms with Gasteiger partial charge in [0.15, 0.2) is 0 Å². The van der Waals surface area contributed by atoms with E-state index < -0.39 is 0 Å². The van der Waals surface area contributed by atoms with Crippen LogP contribution in [-0.4, -0.2) is 52.5 Å². The van der Waals surface area contributed by atoms with Crippen LogP contribution >= 0.6 is 15.9 Å². The molecule has 1 aromatic heterocycles. The lowest BCUT2D eigenvalue weighted by atomic mass is 10.2. The Morgan fingerprint density at radius 1 is 1.25 bits per heavy atom. The molecule has 0 unspecified atom stereocenters. The van der Waals surface area contributed by atoms with Gasteiger partial charge < -0.3 is 15.4 Å². The van der Waals surface area contributed by atoms with E-state index in [1.807, 2.05) is 48.2 Å². The number of hydrogen-bond donors (Lipinski definition) is 2. The second kappa shape index (κ2) is 9.88. The molecule has 2 heterocycles. The molecule has 9 heteroatoms. The third-order valence-electron chi connectivity index (χ3n) is 4.82. The van der Waals surface area contributed by atoms with Crippen molar-refractivity contribution in [1.29, 1.82) is 0 Å². The molecule has 0 radical (unpaired) electrons. The van der Waals surface area contributed by atoms with Crippen LogP contribution in [0.1, 0.15) is 6.92 Å². The first-order chi connectivity index (χ1) is 15.5. The van der Waals surface area contributed by atoms with Gasteiger partial charge in [-0.05, 0) is 43.3 Å².